The molecule has 0 radical (unpaired) electrons. The molecular weight excluding hydrogens is 778 g/mol. The summed E-state index contributed by atoms with van der Waals surface area (Å²) in [5.41, 5.74) is -2.78. The van der Waals surface area contributed by atoms with Crippen LogP contribution in [0.5, 0.6) is 0 Å². The zero-order valence-corrected chi connectivity index (χ0v) is 36.6. The second kappa shape index (κ2) is 25.0. The normalized spacial score (nSPS) is 27.8. The van der Waals surface area contributed by atoms with Crippen molar-refractivity contribution in [1.29, 1.82) is 0 Å². The lowest BCUT2D eigenvalue weighted by Crippen LogP contribution is -2.53. The third-order valence-corrected chi connectivity index (χ3v) is 13.0. The number of carbonyl (C=O) groups excluding carboxylic acids is 2. The van der Waals surface area contributed by atoms with Crippen LogP contribution in [0.15, 0.2) is 42.0 Å². The van der Waals surface area contributed by atoms with Crippen LogP contribution in [0.4, 0.5) is 13.2 Å². The summed E-state index contributed by atoms with van der Waals surface area (Å²) >= 11 is 0. The molecule has 12 heteroatoms. The van der Waals surface area contributed by atoms with Crippen LogP contribution in [0.25, 0.3) is 0 Å². The second-order valence-electron chi connectivity index (χ2n) is 17.5. The molecule has 9 nitrogen and oxygen atoms in total. The van der Waals surface area contributed by atoms with Crippen molar-refractivity contribution < 1.29 is 55.9 Å². The molecule has 0 bridgehead atoms. The fourth-order valence-electron chi connectivity index (χ4n) is 9.55. The van der Waals surface area contributed by atoms with Crippen molar-refractivity contribution >= 4 is 11.9 Å². The largest absolute Gasteiger partial charge is 0.457 e. The SMILES string of the molecule is CCCCCC[C@H]1CCC[C@@H]([C@H]2CC[C@H]([C@H]3CC[C@H]([C@@H](CCCCCCCCCCCCC4=C[C@H](C)OC4=O)OC(=O)[C@](OC)(c4ccccc4)C(F)(F)F)O3)O2)OCO1. The summed E-state index contributed by atoms with van der Waals surface area (Å²) in [6.45, 7) is 4.37. The average molecular weight is 851 g/mol. The number of cyclic esters (lactones) is 1. The molecule has 5 rings (SSSR count). The Morgan fingerprint density at radius 2 is 1.40 bits per heavy atom. The highest BCUT2D eigenvalue weighted by Gasteiger charge is 2.64. The van der Waals surface area contributed by atoms with E-state index < -0.39 is 30.0 Å². The van der Waals surface area contributed by atoms with Gasteiger partial charge in [-0.25, -0.2) is 9.59 Å². The maximum atomic E-state index is 14.9. The van der Waals surface area contributed by atoms with Crippen molar-refractivity contribution in [3.8, 4) is 0 Å². The highest BCUT2D eigenvalue weighted by Crippen LogP contribution is 2.44. The number of rotatable bonds is 25. The van der Waals surface area contributed by atoms with E-state index in [9.17, 15) is 22.8 Å². The van der Waals surface area contributed by atoms with Crippen molar-refractivity contribution in [2.75, 3.05) is 13.9 Å². The molecule has 0 saturated carbocycles. The van der Waals surface area contributed by atoms with E-state index >= 15 is 0 Å². The molecule has 9 atom stereocenters. The first-order valence-electron chi connectivity index (χ1n) is 23.4. The fourth-order valence-corrected chi connectivity index (χ4v) is 9.55. The van der Waals surface area contributed by atoms with Crippen LogP contribution in [0.2, 0.25) is 0 Å². The summed E-state index contributed by atoms with van der Waals surface area (Å²) in [7, 11) is 0.901. The highest BCUT2D eigenvalue weighted by atomic mass is 19.4. The number of methoxy groups -OCH3 is 1. The van der Waals surface area contributed by atoms with E-state index in [1.807, 2.05) is 13.0 Å². The van der Waals surface area contributed by atoms with E-state index in [2.05, 4.69) is 6.92 Å². The van der Waals surface area contributed by atoms with Gasteiger partial charge in [0.15, 0.2) is 0 Å². The fraction of sp³-hybridized carbons (Fsp3) is 0.792. The number of hydrogen-bond acceptors (Lipinski definition) is 9. The van der Waals surface area contributed by atoms with E-state index in [-0.39, 0.29) is 54.9 Å². The molecule has 60 heavy (non-hydrogen) atoms. The number of halogens is 3. The van der Waals surface area contributed by atoms with E-state index in [0.29, 0.717) is 25.7 Å². The second-order valence-corrected chi connectivity index (χ2v) is 17.5. The standard InChI is InChI=1S/C48H73F3O9/c1-4-5-6-19-25-38-26-21-28-39(56-34-55-38)41-29-30-43(58-41)44-32-31-42(59-44)40(60-46(53)47(54-3,48(49,50)51)37-23-17-15-18-24-37)27-20-14-12-10-8-7-9-11-13-16-22-36-33-35(2)57-45(36)52/h15,17-18,23-24,33,35,38-44H,4-14,16,19-22,25-32,34H2,1-3H3/t35-,38-,39-,40+,41+,42+,43+,44+,47+/m0/s1. The molecule has 3 fully saturated rings. The minimum Gasteiger partial charge on any atom is -0.457 e. The number of benzene rings is 1. The Bertz CT molecular complexity index is 1430. The average Bonchev–Trinajstić information content (AvgIpc) is 3.98. The lowest BCUT2D eigenvalue weighted by molar-refractivity contribution is -0.280. The quantitative estimate of drug-likeness (QED) is 0.0703. The van der Waals surface area contributed by atoms with Gasteiger partial charge in [0.2, 0.25) is 0 Å². The van der Waals surface area contributed by atoms with Crippen LogP contribution in [0, 0.1) is 0 Å². The summed E-state index contributed by atoms with van der Waals surface area (Å²) in [5.74, 6) is -1.65. The van der Waals surface area contributed by atoms with Gasteiger partial charge in [-0.05, 0) is 90.0 Å². The molecule has 1 aromatic carbocycles. The maximum Gasteiger partial charge on any atom is 0.432 e. The van der Waals surface area contributed by atoms with Crippen molar-refractivity contribution in [3.63, 3.8) is 0 Å². The predicted octanol–water partition coefficient (Wildman–Crippen LogP) is 11.5. The molecule has 0 unspecified atom stereocenters. The van der Waals surface area contributed by atoms with Crippen LogP contribution in [-0.2, 0) is 48.3 Å². The minimum atomic E-state index is -5.06. The Morgan fingerprint density at radius 3 is 2.05 bits per heavy atom. The van der Waals surface area contributed by atoms with Crippen LogP contribution >= 0.6 is 0 Å². The lowest BCUT2D eigenvalue weighted by atomic mass is 9.92. The lowest BCUT2D eigenvalue weighted by Gasteiger charge is -2.35. The first-order valence-corrected chi connectivity index (χ1v) is 23.4. The number of hydrogen-bond donors (Lipinski definition) is 0. The molecule has 0 aliphatic carbocycles. The van der Waals surface area contributed by atoms with Gasteiger partial charge in [-0.15, -0.1) is 0 Å². The van der Waals surface area contributed by atoms with E-state index in [4.69, 9.17) is 33.2 Å². The van der Waals surface area contributed by atoms with Gasteiger partial charge in [-0.3, -0.25) is 0 Å². The number of alkyl halides is 3. The van der Waals surface area contributed by atoms with Crippen molar-refractivity contribution in [2.45, 2.75) is 229 Å². The number of carbonyl (C=O) groups is 2. The van der Waals surface area contributed by atoms with Crippen LogP contribution in [-0.4, -0.2) is 80.8 Å². The van der Waals surface area contributed by atoms with E-state index in [1.165, 1.54) is 49.9 Å². The van der Waals surface area contributed by atoms with Gasteiger partial charge in [0.05, 0.1) is 36.6 Å². The minimum absolute atomic E-state index is 0.0538. The summed E-state index contributed by atoms with van der Waals surface area (Å²) in [4.78, 5) is 25.6. The molecule has 0 aromatic heterocycles. The summed E-state index contributed by atoms with van der Waals surface area (Å²) in [6, 6.07) is 6.99. The number of ether oxygens (including phenoxy) is 7. The highest BCUT2D eigenvalue weighted by molar-refractivity contribution is 5.90. The van der Waals surface area contributed by atoms with Gasteiger partial charge in [-0.2, -0.15) is 13.2 Å². The predicted molar refractivity (Wildman–Crippen MR) is 223 cm³/mol. The topological polar surface area (TPSA) is 98.8 Å². The van der Waals surface area contributed by atoms with Crippen LogP contribution in [0.1, 0.15) is 174 Å². The summed E-state index contributed by atoms with van der Waals surface area (Å²) < 4.78 is 86.2. The first kappa shape index (κ1) is 48.5. The maximum absolute atomic E-state index is 14.9. The van der Waals surface area contributed by atoms with Gasteiger partial charge in [0, 0.05) is 18.2 Å². The molecule has 0 spiro atoms. The van der Waals surface area contributed by atoms with E-state index in [1.54, 1.807) is 6.07 Å². The molecule has 4 aliphatic rings. The first-order chi connectivity index (χ1) is 29.1. The van der Waals surface area contributed by atoms with Gasteiger partial charge in [0.1, 0.15) is 19.0 Å². The Morgan fingerprint density at radius 1 is 0.767 bits per heavy atom. The molecule has 3 saturated heterocycles. The zero-order valence-electron chi connectivity index (χ0n) is 36.6. The molecular formula is C48H73F3O9. The number of unbranched alkanes of at least 4 members (excludes halogenated alkanes) is 12. The third kappa shape index (κ3) is 14.0. The van der Waals surface area contributed by atoms with Crippen LogP contribution < -0.4 is 0 Å². The Balaban J connectivity index is 1.09. The van der Waals surface area contributed by atoms with Crippen LogP contribution in [0.3, 0.4) is 0 Å². The smallest absolute Gasteiger partial charge is 0.432 e. The summed E-state index contributed by atoms with van der Waals surface area (Å²) in [6.07, 6.45) is 18.2. The summed E-state index contributed by atoms with van der Waals surface area (Å²) in [5, 5.41) is 0. The van der Waals surface area contributed by atoms with Gasteiger partial charge < -0.3 is 33.2 Å². The van der Waals surface area contributed by atoms with E-state index in [0.717, 1.165) is 115 Å². The molecule has 340 valence electrons. The third-order valence-electron chi connectivity index (χ3n) is 13.0. The molecule has 0 amide bonds. The van der Waals surface area contributed by atoms with Gasteiger partial charge in [-0.1, -0.05) is 114 Å². The Labute approximate surface area is 357 Å². The monoisotopic (exact) mass is 851 g/mol. The van der Waals surface area contributed by atoms with Crippen molar-refractivity contribution in [3.05, 3.63) is 47.5 Å². The molecule has 0 N–H and O–H groups in total. The number of esters is 2. The van der Waals surface area contributed by atoms with Gasteiger partial charge >= 0.3 is 18.1 Å². The Kier molecular flexibility index (Phi) is 20.2. The van der Waals surface area contributed by atoms with Gasteiger partial charge in [0.25, 0.3) is 5.60 Å². The van der Waals surface area contributed by atoms with Crippen molar-refractivity contribution in [2.24, 2.45) is 0 Å². The molecule has 1 aromatic rings. The molecule has 4 heterocycles. The zero-order chi connectivity index (χ0) is 42.8. The van der Waals surface area contributed by atoms with Crippen molar-refractivity contribution in [1.82, 2.24) is 0 Å². The molecule has 4 aliphatic heterocycles. The Hall–Kier alpha value is -2.51.